The number of rotatable bonds is 5. The second-order valence-electron chi connectivity index (χ2n) is 3.83. The predicted molar refractivity (Wildman–Crippen MR) is 65.6 cm³/mol. The zero-order chi connectivity index (χ0) is 11.3. The van der Waals surface area contributed by atoms with Gasteiger partial charge in [0, 0.05) is 19.3 Å². The first kappa shape index (κ1) is 12.4. The van der Waals surface area contributed by atoms with E-state index in [1.54, 1.807) is 7.11 Å². The predicted octanol–water partition coefficient (Wildman–Crippen LogP) is 2.43. The van der Waals surface area contributed by atoms with Crippen LogP contribution in [0.5, 0.6) is 0 Å². The summed E-state index contributed by atoms with van der Waals surface area (Å²) in [6.07, 6.45) is 0. The molecule has 1 rings (SSSR count). The molecule has 0 aliphatic rings. The number of hydrogen-bond acceptors (Lipinski definition) is 2. The Bertz CT molecular complexity index is 287. The highest BCUT2D eigenvalue weighted by atomic mass is 28.4. The maximum absolute atomic E-state index is 5.94. The van der Waals surface area contributed by atoms with Crippen molar-refractivity contribution in [1.82, 2.24) is 0 Å². The van der Waals surface area contributed by atoms with Crippen LogP contribution in [-0.4, -0.2) is 22.3 Å². The average molecular weight is 224 g/mol. The van der Waals surface area contributed by atoms with E-state index in [0.29, 0.717) is 12.1 Å². The van der Waals surface area contributed by atoms with Crippen molar-refractivity contribution in [2.45, 2.75) is 26.3 Å². The summed E-state index contributed by atoms with van der Waals surface area (Å²) in [5.41, 5.74) is 0.407. The van der Waals surface area contributed by atoms with Gasteiger partial charge in [-0.05, 0) is 12.1 Å². The highest BCUT2D eigenvalue weighted by molar-refractivity contribution is 6.82. The third-order valence-corrected chi connectivity index (χ3v) is 6.58. The average Bonchev–Trinajstić information content (AvgIpc) is 2.26. The minimum Gasteiger partial charge on any atom is -0.394 e. The quantitative estimate of drug-likeness (QED) is 0.715. The minimum atomic E-state index is -2.22. The summed E-state index contributed by atoms with van der Waals surface area (Å²) in [4.78, 5) is 0. The van der Waals surface area contributed by atoms with Crippen LogP contribution >= 0.6 is 0 Å². The highest BCUT2D eigenvalue weighted by Gasteiger charge is 2.42. The largest absolute Gasteiger partial charge is 0.394 e. The Kier molecular flexibility index (Phi) is 4.51. The maximum atomic E-state index is 5.94. The first-order valence-electron chi connectivity index (χ1n) is 5.42. The molecule has 15 heavy (non-hydrogen) atoms. The van der Waals surface area contributed by atoms with E-state index in [0.717, 1.165) is 0 Å². The second kappa shape index (κ2) is 5.44. The summed E-state index contributed by atoms with van der Waals surface area (Å²) in [5.74, 6) is 0. The number of benzene rings is 1. The molecule has 0 amide bonds. The third kappa shape index (κ3) is 2.48. The van der Waals surface area contributed by atoms with Crippen LogP contribution in [0, 0.1) is 0 Å². The van der Waals surface area contributed by atoms with Gasteiger partial charge in [-0.2, -0.15) is 0 Å². The first-order chi connectivity index (χ1) is 7.17. The standard InChI is InChI=1S/C12H20O2Si/c1-5-14-15(13-4,11(2)3)12-9-7-6-8-10-12/h6-11H,5H2,1-4H3. The van der Waals surface area contributed by atoms with Crippen LogP contribution in [0.3, 0.4) is 0 Å². The molecule has 1 unspecified atom stereocenters. The van der Waals surface area contributed by atoms with Crippen molar-refractivity contribution in [3.8, 4) is 0 Å². The molecule has 0 aliphatic heterocycles. The Labute approximate surface area is 93.5 Å². The van der Waals surface area contributed by atoms with Crippen molar-refractivity contribution in [3.05, 3.63) is 30.3 Å². The molecule has 1 atom stereocenters. The Balaban J connectivity index is 3.09. The van der Waals surface area contributed by atoms with Crippen LogP contribution in [0.4, 0.5) is 0 Å². The molecule has 2 nitrogen and oxygen atoms in total. The smallest absolute Gasteiger partial charge is 0.374 e. The minimum absolute atomic E-state index is 0.407. The monoisotopic (exact) mass is 224 g/mol. The summed E-state index contributed by atoms with van der Waals surface area (Å²) in [6, 6.07) is 10.3. The van der Waals surface area contributed by atoms with Crippen LogP contribution in [-0.2, 0) is 8.85 Å². The van der Waals surface area contributed by atoms with Crippen LogP contribution in [0.2, 0.25) is 5.54 Å². The Morgan fingerprint density at radius 3 is 2.20 bits per heavy atom. The van der Waals surface area contributed by atoms with E-state index in [9.17, 15) is 0 Å². The first-order valence-corrected chi connectivity index (χ1v) is 7.31. The van der Waals surface area contributed by atoms with Gasteiger partial charge in [0.15, 0.2) is 0 Å². The maximum Gasteiger partial charge on any atom is 0.374 e. The summed E-state index contributed by atoms with van der Waals surface area (Å²) in [6.45, 7) is 7.05. The van der Waals surface area contributed by atoms with E-state index in [1.807, 2.05) is 25.1 Å². The van der Waals surface area contributed by atoms with Crippen LogP contribution in [0.15, 0.2) is 30.3 Å². The lowest BCUT2D eigenvalue weighted by atomic mass is 10.4. The second-order valence-corrected chi connectivity index (χ2v) is 7.59. The Morgan fingerprint density at radius 2 is 1.80 bits per heavy atom. The fourth-order valence-corrected chi connectivity index (χ4v) is 4.96. The summed E-state index contributed by atoms with van der Waals surface area (Å²) in [5, 5.41) is 1.21. The van der Waals surface area contributed by atoms with Gasteiger partial charge < -0.3 is 8.85 Å². The molecule has 0 radical (unpaired) electrons. The molecule has 3 heteroatoms. The zero-order valence-corrected chi connectivity index (χ0v) is 11.0. The van der Waals surface area contributed by atoms with Gasteiger partial charge in [-0.15, -0.1) is 0 Å². The lowest BCUT2D eigenvalue weighted by molar-refractivity contribution is 0.215. The molecular formula is C12H20O2Si. The summed E-state index contributed by atoms with van der Waals surface area (Å²) >= 11 is 0. The molecule has 0 saturated heterocycles. The van der Waals surface area contributed by atoms with Gasteiger partial charge in [-0.25, -0.2) is 0 Å². The van der Waals surface area contributed by atoms with Crippen molar-refractivity contribution in [2.75, 3.05) is 13.7 Å². The van der Waals surface area contributed by atoms with Crippen molar-refractivity contribution in [2.24, 2.45) is 0 Å². The van der Waals surface area contributed by atoms with E-state index < -0.39 is 8.56 Å². The normalized spacial score (nSPS) is 15.3. The van der Waals surface area contributed by atoms with Crippen molar-refractivity contribution in [1.29, 1.82) is 0 Å². The van der Waals surface area contributed by atoms with E-state index >= 15 is 0 Å². The molecule has 0 heterocycles. The molecule has 0 fully saturated rings. The fourth-order valence-electron chi connectivity index (χ4n) is 1.88. The van der Waals surface area contributed by atoms with E-state index in [-0.39, 0.29) is 0 Å². The Morgan fingerprint density at radius 1 is 1.20 bits per heavy atom. The van der Waals surface area contributed by atoms with Gasteiger partial charge in [-0.1, -0.05) is 44.2 Å². The Hall–Kier alpha value is -0.643. The lowest BCUT2D eigenvalue weighted by Crippen LogP contribution is -2.55. The van der Waals surface area contributed by atoms with Crippen LogP contribution in [0.1, 0.15) is 20.8 Å². The summed E-state index contributed by atoms with van der Waals surface area (Å²) in [7, 11) is -0.464. The zero-order valence-electron chi connectivity index (χ0n) is 9.99. The topological polar surface area (TPSA) is 18.5 Å². The van der Waals surface area contributed by atoms with Crippen molar-refractivity contribution in [3.63, 3.8) is 0 Å². The SMILES string of the molecule is CCO[Si](OC)(c1ccccc1)C(C)C. The third-order valence-electron chi connectivity index (χ3n) is 2.60. The molecule has 1 aromatic carbocycles. The van der Waals surface area contributed by atoms with Gasteiger partial charge in [0.25, 0.3) is 0 Å². The van der Waals surface area contributed by atoms with Crippen LogP contribution in [0.25, 0.3) is 0 Å². The molecule has 1 aromatic rings. The molecule has 0 aromatic heterocycles. The van der Waals surface area contributed by atoms with Crippen molar-refractivity contribution >= 4 is 13.7 Å². The fraction of sp³-hybridized carbons (Fsp3) is 0.500. The van der Waals surface area contributed by atoms with Gasteiger partial charge >= 0.3 is 8.56 Å². The van der Waals surface area contributed by atoms with Crippen molar-refractivity contribution < 1.29 is 8.85 Å². The summed E-state index contributed by atoms with van der Waals surface area (Å²) < 4.78 is 11.7. The molecular weight excluding hydrogens is 204 g/mol. The van der Waals surface area contributed by atoms with E-state index in [1.165, 1.54) is 5.19 Å². The molecule has 0 spiro atoms. The van der Waals surface area contributed by atoms with Gasteiger partial charge in [-0.3, -0.25) is 0 Å². The lowest BCUT2D eigenvalue weighted by Gasteiger charge is -2.32. The van der Waals surface area contributed by atoms with Gasteiger partial charge in [0.1, 0.15) is 0 Å². The van der Waals surface area contributed by atoms with E-state index in [2.05, 4.69) is 26.0 Å². The molecule has 0 bridgehead atoms. The number of hydrogen-bond donors (Lipinski definition) is 0. The van der Waals surface area contributed by atoms with Crippen LogP contribution < -0.4 is 5.19 Å². The van der Waals surface area contributed by atoms with E-state index in [4.69, 9.17) is 8.85 Å². The van der Waals surface area contributed by atoms with Gasteiger partial charge in [0.05, 0.1) is 0 Å². The molecule has 0 aliphatic carbocycles. The van der Waals surface area contributed by atoms with Gasteiger partial charge in [0.2, 0.25) is 0 Å². The molecule has 0 saturated carbocycles. The highest BCUT2D eigenvalue weighted by Crippen LogP contribution is 2.22. The molecule has 84 valence electrons. The molecule has 0 N–H and O–H groups in total.